The zero-order valence-corrected chi connectivity index (χ0v) is 12.1. The molecule has 112 valence electrons. The monoisotopic (exact) mass is 303 g/mol. The Balaban J connectivity index is 1.80. The first-order chi connectivity index (χ1) is 11.3. The number of dihydropyridines is 1. The molecule has 0 fully saturated rings. The van der Waals surface area contributed by atoms with Crippen molar-refractivity contribution in [2.24, 2.45) is 0 Å². The fourth-order valence-corrected chi connectivity index (χ4v) is 2.58. The molecule has 1 atom stereocenters. The van der Waals surface area contributed by atoms with Gasteiger partial charge in [-0.25, -0.2) is 9.50 Å². The maximum absolute atomic E-state index is 12.7. The molecular weight excluding hydrogens is 290 g/mol. The highest BCUT2D eigenvalue weighted by Crippen LogP contribution is 2.21. The minimum Gasteiger partial charge on any atom is -0.378 e. The predicted molar refractivity (Wildman–Crippen MR) is 85.8 cm³/mol. The molecule has 0 aromatic carbocycles. The zero-order valence-electron chi connectivity index (χ0n) is 12.1. The average Bonchev–Trinajstić information content (AvgIpc) is 3.06. The quantitative estimate of drug-likeness (QED) is 0.749. The van der Waals surface area contributed by atoms with Gasteiger partial charge in [-0.05, 0) is 30.5 Å². The molecule has 3 aromatic rings. The van der Waals surface area contributed by atoms with Crippen LogP contribution >= 0.6 is 0 Å². The van der Waals surface area contributed by atoms with Crippen LogP contribution in [0.4, 0.5) is 0 Å². The van der Waals surface area contributed by atoms with Gasteiger partial charge in [0.2, 0.25) is 0 Å². The van der Waals surface area contributed by atoms with Crippen LogP contribution in [0.15, 0.2) is 67.4 Å². The summed E-state index contributed by atoms with van der Waals surface area (Å²) in [5.74, 6) is -0.0556. The van der Waals surface area contributed by atoms with Gasteiger partial charge in [-0.1, -0.05) is 12.2 Å². The van der Waals surface area contributed by atoms with Crippen LogP contribution in [0.25, 0.3) is 16.9 Å². The molecule has 4 heterocycles. The molecule has 1 unspecified atom stereocenters. The lowest BCUT2D eigenvalue weighted by molar-refractivity contribution is 0.0969. The van der Waals surface area contributed by atoms with Gasteiger partial charge < -0.3 is 5.32 Å². The summed E-state index contributed by atoms with van der Waals surface area (Å²) < 4.78 is 1.69. The predicted octanol–water partition coefficient (Wildman–Crippen LogP) is 2.02. The van der Waals surface area contributed by atoms with Gasteiger partial charge in [-0.3, -0.25) is 9.78 Å². The van der Waals surface area contributed by atoms with Crippen LogP contribution < -0.4 is 5.32 Å². The van der Waals surface area contributed by atoms with Gasteiger partial charge in [0.15, 0.2) is 11.4 Å². The van der Waals surface area contributed by atoms with Crippen molar-refractivity contribution in [3.63, 3.8) is 0 Å². The largest absolute Gasteiger partial charge is 0.378 e. The summed E-state index contributed by atoms with van der Waals surface area (Å²) in [6.07, 6.45) is 14.0. The van der Waals surface area contributed by atoms with Crippen molar-refractivity contribution in [1.82, 2.24) is 24.9 Å². The van der Waals surface area contributed by atoms with Crippen molar-refractivity contribution in [1.29, 1.82) is 0 Å². The number of nitrogens with zero attached hydrogens (tertiary/aromatic N) is 4. The molecule has 1 aliphatic rings. The third-order valence-corrected chi connectivity index (χ3v) is 3.71. The average molecular weight is 303 g/mol. The minimum atomic E-state index is -0.389. The number of carbonyl (C=O) groups excluding carboxylic acids is 1. The van der Waals surface area contributed by atoms with Crippen molar-refractivity contribution in [3.8, 4) is 11.3 Å². The number of Topliss-reactive ketones (excluding diaryl/α,β-unsaturated/α-hetero) is 1. The summed E-state index contributed by atoms with van der Waals surface area (Å²) in [7, 11) is 0. The van der Waals surface area contributed by atoms with Crippen molar-refractivity contribution in [2.45, 2.75) is 6.04 Å². The van der Waals surface area contributed by atoms with Crippen LogP contribution in [0, 0.1) is 0 Å². The van der Waals surface area contributed by atoms with E-state index in [-0.39, 0.29) is 11.8 Å². The minimum absolute atomic E-state index is 0.0556. The molecule has 4 rings (SSSR count). The van der Waals surface area contributed by atoms with E-state index in [1.807, 2.05) is 36.4 Å². The van der Waals surface area contributed by atoms with E-state index in [1.54, 1.807) is 35.5 Å². The highest BCUT2D eigenvalue weighted by molar-refractivity contribution is 6.06. The second kappa shape index (κ2) is 5.49. The molecule has 0 aliphatic carbocycles. The van der Waals surface area contributed by atoms with Crippen molar-refractivity contribution in [3.05, 3.63) is 73.0 Å². The van der Waals surface area contributed by atoms with Crippen LogP contribution in [0.5, 0.6) is 0 Å². The van der Waals surface area contributed by atoms with E-state index in [9.17, 15) is 4.79 Å². The molecule has 0 bridgehead atoms. The fraction of sp³-hybridized carbons (Fsp3) is 0.0588. The van der Waals surface area contributed by atoms with Gasteiger partial charge in [-0.15, -0.1) is 0 Å². The van der Waals surface area contributed by atoms with E-state index in [2.05, 4.69) is 20.4 Å². The highest BCUT2D eigenvalue weighted by Gasteiger charge is 2.22. The summed E-state index contributed by atoms with van der Waals surface area (Å²) in [4.78, 5) is 21.0. The standard InChI is InChI=1S/C17H13N5O/c23-16(14-3-1-2-7-19-14)13-11-21-22-15(6-10-20-17(13)22)12-4-8-18-9-5-12/h1-11,14,19H. The Morgan fingerprint density at radius 2 is 2.00 bits per heavy atom. The molecule has 1 aliphatic heterocycles. The SMILES string of the molecule is O=C(c1cnn2c(-c3ccncc3)ccnc12)C1C=CC=CN1. The number of pyridine rings is 1. The fourth-order valence-electron chi connectivity index (χ4n) is 2.58. The van der Waals surface area contributed by atoms with Crippen molar-refractivity contribution < 1.29 is 4.79 Å². The number of hydrogen-bond acceptors (Lipinski definition) is 5. The highest BCUT2D eigenvalue weighted by atomic mass is 16.1. The molecule has 6 nitrogen and oxygen atoms in total. The Morgan fingerprint density at radius 1 is 1.13 bits per heavy atom. The molecule has 0 amide bonds. The number of nitrogens with one attached hydrogen (secondary N) is 1. The van der Waals surface area contributed by atoms with Crippen LogP contribution in [-0.4, -0.2) is 31.4 Å². The van der Waals surface area contributed by atoms with E-state index >= 15 is 0 Å². The number of carbonyl (C=O) groups is 1. The van der Waals surface area contributed by atoms with E-state index in [4.69, 9.17) is 0 Å². The first-order valence-corrected chi connectivity index (χ1v) is 7.21. The molecule has 0 radical (unpaired) electrons. The lowest BCUT2D eigenvalue weighted by atomic mass is 10.1. The van der Waals surface area contributed by atoms with Crippen LogP contribution in [0.2, 0.25) is 0 Å². The lowest BCUT2D eigenvalue weighted by Gasteiger charge is -2.13. The van der Waals surface area contributed by atoms with Crippen LogP contribution in [-0.2, 0) is 0 Å². The van der Waals surface area contributed by atoms with Gasteiger partial charge in [0.1, 0.15) is 6.04 Å². The number of hydrogen-bond donors (Lipinski definition) is 1. The van der Waals surface area contributed by atoms with E-state index in [1.165, 1.54) is 0 Å². The number of allylic oxidation sites excluding steroid dienone is 2. The normalized spacial score (nSPS) is 16.4. The summed E-state index contributed by atoms with van der Waals surface area (Å²) in [5.41, 5.74) is 2.88. The molecule has 1 N–H and O–H groups in total. The third-order valence-electron chi connectivity index (χ3n) is 3.71. The van der Waals surface area contributed by atoms with Gasteiger partial charge >= 0.3 is 0 Å². The van der Waals surface area contributed by atoms with Crippen LogP contribution in [0.3, 0.4) is 0 Å². The van der Waals surface area contributed by atoms with E-state index in [0.29, 0.717) is 11.2 Å². The first kappa shape index (κ1) is 13.4. The molecule has 0 saturated carbocycles. The second-order valence-electron chi connectivity index (χ2n) is 5.11. The third kappa shape index (κ3) is 2.30. The summed E-state index contributed by atoms with van der Waals surface area (Å²) in [6, 6.07) is 5.27. The Morgan fingerprint density at radius 3 is 2.78 bits per heavy atom. The Hall–Kier alpha value is -3.28. The number of rotatable bonds is 3. The van der Waals surface area contributed by atoms with E-state index < -0.39 is 0 Å². The van der Waals surface area contributed by atoms with Gasteiger partial charge in [0, 0.05) is 24.2 Å². The molecular formula is C17H13N5O. The first-order valence-electron chi connectivity index (χ1n) is 7.21. The Kier molecular flexibility index (Phi) is 3.20. The lowest BCUT2D eigenvalue weighted by Crippen LogP contribution is -2.32. The van der Waals surface area contributed by atoms with E-state index in [0.717, 1.165) is 11.3 Å². The smallest absolute Gasteiger partial charge is 0.194 e. The molecule has 6 heteroatoms. The Bertz CT molecular complexity index is 927. The molecule has 0 saturated heterocycles. The summed E-state index contributed by atoms with van der Waals surface area (Å²) >= 11 is 0. The van der Waals surface area contributed by atoms with Gasteiger partial charge in [-0.2, -0.15) is 5.10 Å². The molecule has 0 spiro atoms. The molecule has 23 heavy (non-hydrogen) atoms. The van der Waals surface area contributed by atoms with Gasteiger partial charge in [0.05, 0.1) is 17.5 Å². The maximum Gasteiger partial charge on any atom is 0.194 e. The zero-order chi connectivity index (χ0) is 15.6. The van der Waals surface area contributed by atoms with Crippen molar-refractivity contribution in [2.75, 3.05) is 0 Å². The van der Waals surface area contributed by atoms with Crippen molar-refractivity contribution >= 4 is 11.4 Å². The Labute approximate surface area is 132 Å². The number of aromatic nitrogens is 4. The van der Waals surface area contributed by atoms with Gasteiger partial charge in [0.25, 0.3) is 0 Å². The summed E-state index contributed by atoms with van der Waals surface area (Å²) in [6.45, 7) is 0. The molecule has 3 aromatic heterocycles. The maximum atomic E-state index is 12.7. The number of fused-ring (bicyclic) bond motifs is 1. The topological polar surface area (TPSA) is 72.2 Å². The van der Waals surface area contributed by atoms with Crippen LogP contribution in [0.1, 0.15) is 10.4 Å². The number of ketones is 1. The second-order valence-corrected chi connectivity index (χ2v) is 5.11. The summed E-state index contributed by atoms with van der Waals surface area (Å²) in [5, 5.41) is 7.38.